The summed E-state index contributed by atoms with van der Waals surface area (Å²) in [6.07, 6.45) is 1.72. The number of likely N-dealkylation sites (tertiary alicyclic amines) is 1. The molecule has 0 aliphatic carbocycles. The van der Waals surface area contributed by atoms with Gasteiger partial charge in [0.25, 0.3) is 5.91 Å². The third kappa shape index (κ3) is 3.31. The smallest absolute Gasteiger partial charge is 0.263 e. The van der Waals surface area contributed by atoms with Crippen molar-refractivity contribution in [3.05, 3.63) is 29.3 Å². The van der Waals surface area contributed by atoms with Gasteiger partial charge in [-0.15, -0.1) is 0 Å². The molecule has 1 aliphatic heterocycles. The van der Waals surface area contributed by atoms with Crippen molar-refractivity contribution in [2.75, 3.05) is 13.1 Å². The largest absolute Gasteiger partial charge is 0.481 e. The number of hydrogen-bond acceptors (Lipinski definition) is 3. The molecule has 4 heteroatoms. The summed E-state index contributed by atoms with van der Waals surface area (Å²) in [4.78, 5) is 14.1. The topological polar surface area (TPSA) is 55.6 Å². The van der Waals surface area contributed by atoms with E-state index in [-0.39, 0.29) is 11.9 Å². The molecule has 1 heterocycles. The number of hydrogen-bond donors (Lipinski definition) is 1. The minimum absolute atomic E-state index is 0.0682. The Kier molecular flexibility index (Phi) is 4.65. The Morgan fingerprint density at radius 2 is 1.95 bits per heavy atom. The third-order valence-corrected chi connectivity index (χ3v) is 3.73. The highest BCUT2D eigenvalue weighted by molar-refractivity contribution is 5.81. The van der Waals surface area contributed by atoms with E-state index >= 15 is 0 Å². The van der Waals surface area contributed by atoms with Crippen molar-refractivity contribution in [3.63, 3.8) is 0 Å². The summed E-state index contributed by atoms with van der Waals surface area (Å²) in [7, 11) is 0. The van der Waals surface area contributed by atoms with Crippen LogP contribution in [0.3, 0.4) is 0 Å². The van der Waals surface area contributed by atoms with E-state index in [2.05, 4.69) is 0 Å². The van der Waals surface area contributed by atoms with Gasteiger partial charge in [0.2, 0.25) is 0 Å². The highest BCUT2D eigenvalue weighted by Crippen LogP contribution is 2.26. The molecule has 20 heavy (non-hydrogen) atoms. The van der Waals surface area contributed by atoms with Gasteiger partial charge in [-0.05, 0) is 39.7 Å². The molecule has 110 valence electrons. The molecule has 0 bridgehead atoms. The van der Waals surface area contributed by atoms with E-state index in [4.69, 9.17) is 10.5 Å². The Labute approximate surface area is 120 Å². The van der Waals surface area contributed by atoms with Crippen LogP contribution in [-0.2, 0) is 4.79 Å². The molecule has 2 rings (SSSR count). The molecule has 2 unspecified atom stereocenters. The lowest BCUT2D eigenvalue weighted by Crippen LogP contribution is -2.38. The van der Waals surface area contributed by atoms with E-state index < -0.39 is 6.10 Å². The van der Waals surface area contributed by atoms with Crippen molar-refractivity contribution in [2.45, 2.75) is 45.8 Å². The molecule has 1 amide bonds. The normalized spacial score (nSPS) is 17.9. The fourth-order valence-corrected chi connectivity index (χ4v) is 2.57. The van der Waals surface area contributed by atoms with Gasteiger partial charge >= 0.3 is 0 Å². The van der Waals surface area contributed by atoms with Gasteiger partial charge < -0.3 is 15.4 Å². The molecule has 0 spiro atoms. The van der Waals surface area contributed by atoms with Crippen molar-refractivity contribution >= 4 is 5.91 Å². The summed E-state index contributed by atoms with van der Waals surface area (Å²) in [6, 6.07) is 5.79. The van der Waals surface area contributed by atoms with Crippen LogP contribution in [-0.4, -0.2) is 30.0 Å². The van der Waals surface area contributed by atoms with Crippen LogP contribution in [0, 0.1) is 6.92 Å². The molecule has 1 aliphatic rings. The third-order valence-electron chi connectivity index (χ3n) is 3.73. The summed E-state index contributed by atoms with van der Waals surface area (Å²) in [5, 5.41) is 0. The fraction of sp³-hybridized carbons (Fsp3) is 0.562. The molecule has 1 aromatic carbocycles. The Hall–Kier alpha value is -1.55. The van der Waals surface area contributed by atoms with Crippen LogP contribution >= 0.6 is 0 Å². The second-order valence-corrected chi connectivity index (χ2v) is 5.62. The molecule has 2 atom stereocenters. The van der Waals surface area contributed by atoms with Crippen LogP contribution in [0.2, 0.25) is 0 Å². The average Bonchev–Trinajstić information content (AvgIpc) is 2.93. The predicted molar refractivity (Wildman–Crippen MR) is 79.7 cm³/mol. The highest BCUT2D eigenvalue weighted by atomic mass is 16.5. The Bertz CT molecular complexity index is 479. The lowest BCUT2D eigenvalue weighted by atomic mass is 10.1. The van der Waals surface area contributed by atoms with Crippen molar-refractivity contribution in [3.8, 4) is 5.75 Å². The number of nitrogens with two attached hydrogens (primary N) is 1. The van der Waals surface area contributed by atoms with Crippen molar-refractivity contribution in [2.24, 2.45) is 5.73 Å². The van der Waals surface area contributed by atoms with Gasteiger partial charge in [-0.25, -0.2) is 0 Å². The van der Waals surface area contributed by atoms with Crippen LogP contribution in [0.5, 0.6) is 5.75 Å². The lowest BCUT2D eigenvalue weighted by molar-refractivity contribution is -0.136. The van der Waals surface area contributed by atoms with Crippen molar-refractivity contribution in [1.29, 1.82) is 0 Å². The van der Waals surface area contributed by atoms with E-state index in [0.717, 1.165) is 37.1 Å². The first-order chi connectivity index (χ1) is 9.49. The van der Waals surface area contributed by atoms with Crippen LogP contribution < -0.4 is 10.5 Å². The molecule has 4 nitrogen and oxygen atoms in total. The monoisotopic (exact) mass is 276 g/mol. The van der Waals surface area contributed by atoms with E-state index in [1.54, 1.807) is 0 Å². The standard InChI is InChI=1S/C16H24N2O2/c1-11-6-7-15(14(10-11)12(2)17)20-13(3)16(19)18-8-4-5-9-18/h6-7,10,12-13H,4-5,8-9,17H2,1-3H3. The lowest BCUT2D eigenvalue weighted by Gasteiger charge is -2.23. The van der Waals surface area contributed by atoms with E-state index in [1.165, 1.54) is 0 Å². The molecular weight excluding hydrogens is 252 g/mol. The second kappa shape index (κ2) is 6.27. The Morgan fingerprint density at radius 3 is 2.55 bits per heavy atom. The SMILES string of the molecule is Cc1ccc(OC(C)C(=O)N2CCCC2)c(C(C)N)c1. The highest BCUT2D eigenvalue weighted by Gasteiger charge is 2.25. The number of rotatable bonds is 4. The van der Waals surface area contributed by atoms with E-state index in [0.29, 0.717) is 5.75 Å². The maximum Gasteiger partial charge on any atom is 0.263 e. The zero-order chi connectivity index (χ0) is 14.7. The van der Waals surface area contributed by atoms with Gasteiger partial charge in [0, 0.05) is 24.7 Å². The number of nitrogens with zero attached hydrogens (tertiary/aromatic N) is 1. The maximum atomic E-state index is 12.3. The number of ether oxygens (including phenoxy) is 1. The molecule has 0 radical (unpaired) electrons. The van der Waals surface area contributed by atoms with Crippen LogP contribution in [0.1, 0.15) is 43.9 Å². The summed E-state index contributed by atoms with van der Waals surface area (Å²) >= 11 is 0. The molecule has 1 fully saturated rings. The molecule has 0 aromatic heterocycles. The number of carbonyl (C=O) groups excluding carboxylic acids is 1. The predicted octanol–water partition coefficient (Wildman–Crippen LogP) is 2.40. The zero-order valence-corrected chi connectivity index (χ0v) is 12.6. The van der Waals surface area contributed by atoms with Gasteiger partial charge in [-0.2, -0.15) is 0 Å². The first-order valence-electron chi connectivity index (χ1n) is 7.30. The average molecular weight is 276 g/mol. The molecule has 1 saturated heterocycles. The summed E-state index contributed by atoms with van der Waals surface area (Å²) < 4.78 is 5.86. The first kappa shape index (κ1) is 14.9. The second-order valence-electron chi connectivity index (χ2n) is 5.62. The summed E-state index contributed by atoms with van der Waals surface area (Å²) in [5.74, 6) is 0.782. The van der Waals surface area contributed by atoms with Gasteiger partial charge in [-0.1, -0.05) is 17.7 Å². The first-order valence-corrected chi connectivity index (χ1v) is 7.30. The molecular formula is C16H24N2O2. The Morgan fingerprint density at radius 1 is 1.30 bits per heavy atom. The minimum atomic E-state index is -0.465. The maximum absolute atomic E-state index is 12.3. The molecule has 2 N–H and O–H groups in total. The van der Waals surface area contributed by atoms with Crippen LogP contribution in [0.15, 0.2) is 18.2 Å². The van der Waals surface area contributed by atoms with Gasteiger partial charge in [0.05, 0.1) is 0 Å². The zero-order valence-electron chi connectivity index (χ0n) is 12.6. The number of amides is 1. The van der Waals surface area contributed by atoms with Crippen molar-refractivity contribution in [1.82, 2.24) is 4.90 Å². The summed E-state index contributed by atoms with van der Waals surface area (Å²) in [6.45, 7) is 7.45. The quantitative estimate of drug-likeness (QED) is 0.918. The number of benzene rings is 1. The van der Waals surface area contributed by atoms with E-state index in [1.807, 2.05) is 43.9 Å². The van der Waals surface area contributed by atoms with Crippen LogP contribution in [0.4, 0.5) is 0 Å². The van der Waals surface area contributed by atoms with Crippen molar-refractivity contribution < 1.29 is 9.53 Å². The van der Waals surface area contributed by atoms with Gasteiger partial charge in [-0.3, -0.25) is 4.79 Å². The summed E-state index contributed by atoms with van der Waals surface area (Å²) in [5.41, 5.74) is 8.07. The number of carbonyl (C=O) groups is 1. The van der Waals surface area contributed by atoms with Gasteiger partial charge in [0.1, 0.15) is 5.75 Å². The fourth-order valence-electron chi connectivity index (χ4n) is 2.57. The Balaban J connectivity index is 2.10. The van der Waals surface area contributed by atoms with Gasteiger partial charge in [0.15, 0.2) is 6.10 Å². The number of aryl methyl sites for hydroxylation is 1. The van der Waals surface area contributed by atoms with E-state index in [9.17, 15) is 4.79 Å². The van der Waals surface area contributed by atoms with Crippen LogP contribution in [0.25, 0.3) is 0 Å². The molecule has 1 aromatic rings. The molecule has 0 saturated carbocycles. The minimum Gasteiger partial charge on any atom is -0.481 e.